The molecule has 64 valence electrons. The number of hydrogen-bond donors (Lipinski definition) is 1. The fourth-order valence-corrected chi connectivity index (χ4v) is 2.37. The Morgan fingerprint density at radius 3 is 3.08 bits per heavy atom. The molecule has 0 spiro atoms. The molecular formula is C7H7NO3S. The van der Waals surface area contributed by atoms with Crippen molar-refractivity contribution in [1.29, 1.82) is 0 Å². The smallest absolute Gasteiger partial charge is 0.333 e. The molecular weight excluding hydrogens is 178 g/mol. The predicted molar refractivity (Wildman–Crippen MR) is 43.4 cm³/mol. The average Bonchev–Trinajstić information content (AvgIpc) is 2.02. The van der Waals surface area contributed by atoms with Crippen molar-refractivity contribution < 1.29 is 14.7 Å². The first-order chi connectivity index (χ1) is 5.68. The van der Waals surface area contributed by atoms with Crippen LogP contribution < -0.4 is 0 Å². The Labute approximate surface area is 73.2 Å². The van der Waals surface area contributed by atoms with E-state index in [0.29, 0.717) is 17.7 Å². The van der Waals surface area contributed by atoms with Crippen LogP contribution in [0.25, 0.3) is 0 Å². The molecule has 1 N–H and O–H groups in total. The van der Waals surface area contributed by atoms with E-state index in [1.807, 2.05) is 0 Å². The van der Waals surface area contributed by atoms with Crippen molar-refractivity contribution in [3.63, 3.8) is 0 Å². The van der Waals surface area contributed by atoms with E-state index in [4.69, 9.17) is 5.11 Å². The Hall–Kier alpha value is -0.970. The number of β-lactam (4-membered cyclic amide) rings is 1. The van der Waals surface area contributed by atoms with E-state index >= 15 is 0 Å². The van der Waals surface area contributed by atoms with Crippen LogP contribution in [0.1, 0.15) is 6.42 Å². The molecule has 0 aromatic heterocycles. The average molecular weight is 185 g/mol. The van der Waals surface area contributed by atoms with E-state index in [-0.39, 0.29) is 11.3 Å². The summed E-state index contributed by atoms with van der Waals surface area (Å²) in [5.41, 5.74) is 0.310. The number of carbonyl (C=O) groups is 2. The third-order valence-electron chi connectivity index (χ3n) is 1.95. The highest BCUT2D eigenvalue weighted by molar-refractivity contribution is 8.00. The zero-order valence-electron chi connectivity index (χ0n) is 6.19. The van der Waals surface area contributed by atoms with Gasteiger partial charge in [-0.3, -0.25) is 4.79 Å². The fraction of sp³-hybridized carbons (Fsp3) is 0.429. The maximum absolute atomic E-state index is 10.9. The third-order valence-corrected chi connectivity index (χ3v) is 3.20. The molecule has 0 aliphatic carbocycles. The Morgan fingerprint density at radius 2 is 2.50 bits per heavy atom. The number of amides is 1. The summed E-state index contributed by atoms with van der Waals surface area (Å²) < 4.78 is 0. The second-order valence-electron chi connectivity index (χ2n) is 2.73. The summed E-state index contributed by atoms with van der Waals surface area (Å²) >= 11 is 1.51. The van der Waals surface area contributed by atoms with Crippen LogP contribution >= 0.6 is 11.8 Å². The lowest BCUT2D eigenvalue weighted by Gasteiger charge is -2.40. The minimum Gasteiger partial charge on any atom is -0.478 e. The van der Waals surface area contributed by atoms with Crippen molar-refractivity contribution in [2.24, 2.45) is 0 Å². The van der Waals surface area contributed by atoms with Gasteiger partial charge >= 0.3 is 5.97 Å². The van der Waals surface area contributed by atoms with Crippen LogP contribution in [0.5, 0.6) is 0 Å². The molecule has 12 heavy (non-hydrogen) atoms. The number of carbonyl (C=O) groups excluding carboxylic acids is 1. The topological polar surface area (TPSA) is 57.6 Å². The molecule has 1 saturated heterocycles. The lowest BCUT2D eigenvalue weighted by molar-refractivity contribution is -0.137. The quantitative estimate of drug-likeness (QED) is 0.595. The SMILES string of the molecule is O=C(O)C1=CN2C(=O)C[C@@H]2SC1. The maximum Gasteiger partial charge on any atom is 0.333 e. The molecule has 1 atom stereocenters. The predicted octanol–water partition coefficient (Wildman–Crippen LogP) is 0.260. The van der Waals surface area contributed by atoms with Crippen LogP contribution in [0.2, 0.25) is 0 Å². The minimum atomic E-state index is -0.930. The normalized spacial score (nSPS) is 27.3. The molecule has 5 heteroatoms. The molecule has 4 nitrogen and oxygen atoms in total. The van der Waals surface area contributed by atoms with Gasteiger partial charge < -0.3 is 10.0 Å². The molecule has 0 bridgehead atoms. The second kappa shape index (κ2) is 2.52. The summed E-state index contributed by atoms with van der Waals surface area (Å²) in [6.07, 6.45) is 2.00. The van der Waals surface area contributed by atoms with Gasteiger partial charge in [0.25, 0.3) is 0 Å². The van der Waals surface area contributed by atoms with Crippen molar-refractivity contribution in [3.05, 3.63) is 11.8 Å². The van der Waals surface area contributed by atoms with Crippen molar-refractivity contribution >= 4 is 23.6 Å². The minimum absolute atomic E-state index is 0.0194. The summed E-state index contributed by atoms with van der Waals surface area (Å²) in [6, 6.07) is 0. The summed E-state index contributed by atoms with van der Waals surface area (Å²) in [4.78, 5) is 22.9. The fourth-order valence-electron chi connectivity index (χ4n) is 1.20. The first-order valence-electron chi connectivity index (χ1n) is 3.55. The Morgan fingerprint density at radius 1 is 1.75 bits per heavy atom. The number of hydrogen-bond acceptors (Lipinski definition) is 3. The van der Waals surface area contributed by atoms with E-state index in [1.54, 1.807) is 0 Å². The zero-order chi connectivity index (χ0) is 8.72. The monoisotopic (exact) mass is 185 g/mol. The van der Waals surface area contributed by atoms with Crippen molar-refractivity contribution in [2.45, 2.75) is 11.8 Å². The number of carboxylic acid groups (broad SMARTS) is 1. The van der Waals surface area contributed by atoms with Crippen molar-refractivity contribution in [1.82, 2.24) is 4.90 Å². The van der Waals surface area contributed by atoms with Gasteiger partial charge in [-0.2, -0.15) is 0 Å². The molecule has 0 radical (unpaired) electrons. The van der Waals surface area contributed by atoms with E-state index in [1.165, 1.54) is 22.9 Å². The van der Waals surface area contributed by atoms with E-state index in [2.05, 4.69) is 0 Å². The lowest BCUT2D eigenvalue weighted by Crippen LogP contribution is -2.49. The van der Waals surface area contributed by atoms with Gasteiger partial charge in [0.05, 0.1) is 17.4 Å². The van der Waals surface area contributed by atoms with Crippen LogP contribution in [-0.4, -0.2) is 33.0 Å². The second-order valence-corrected chi connectivity index (χ2v) is 3.90. The molecule has 2 aliphatic heterocycles. The maximum atomic E-state index is 10.9. The van der Waals surface area contributed by atoms with Crippen molar-refractivity contribution in [3.8, 4) is 0 Å². The van der Waals surface area contributed by atoms with Crippen LogP contribution in [0, 0.1) is 0 Å². The molecule has 1 fully saturated rings. The van der Waals surface area contributed by atoms with Gasteiger partial charge in [-0.15, -0.1) is 11.8 Å². The Kier molecular flexibility index (Phi) is 1.61. The number of thioether (sulfide) groups is 1. The first kappa shape index (κ1) is 7.67. The largest absolute Gasteiger partial charge is 0.478 e. The molecule has 0 aromatic carbocycles. The highest BCUT2D eigenvalue weighted by Crippen LogP contribution is 2.35. The van der Waals surface area contributed by atoms with Crippen molar-refractivity contribution in [2.75, 3.05) is 5.75 Å². The lowest BCUT2D eigenvalue weighted by atomic mass is 10.2. The molecule has 2 heterocycles. The van der Waals surface area contributed by atoms with Gasteiger partial charge in [-0.25, -0.2) is 4.79 Å². The van der Waals surface area contributed by atoms with Gasteiger partial charge in [0.2, 0.25) is 5.91 Å². The number of fused-ring (bicyclic) bond motifs is 1. The zero-order valence-corrected chi connectivity index (χ0v) is 7.00. The number of aliphatic carboxylic acids is 1. The van der Waals surface area contributed by atoms with Gasteiger partial charge in [-0.1, -0.05) is 0 Å². The summed E-state index contributed by atoms with van der Waals surface area (Å²) in [5.74, 6) is -0.407. The van der Waals surface area contributed by atoms with Crippen LogP contribution in [-0.2, 0) is 9.59 Å². The van der Waals surface area contributed by atoms with Crippen LogP contribution in [0.3, 0.4) is 0 Å². The Bertz CT molecular complexity index is 286. The number of rotatable bonds is 1. The van der Waals surface area contributed by atoms with Crippen LogP contribution in [0.4, 0.5) is 0 Å². The number of carboxylic acids is 1. The molecule has 0 unspecified atom stereocenters. The van der Waals surface area contributed by atoms with Gasteiger partial charge in [0, 0.05) is 12.0 Å². The summed E-state index contributed by atoms with van der Waals surface area (Å²) in [6.45, 7) is 0. The molecule has 2 rings (SSSR count). The van der Waals surface area contributed by atoms with Gasteiger partial charge in [-0.05, 0) is 0 Å². The molecule has 0 aromatic rings. The molecule has 2 aliphatic rings. The van der Waals surface area contributed by atoms with Gasteiger partial charge in [0.1, 0.15) is 0 Å². The molecule has 1 amide bonds. The Balaban J connectivity index is 2.19. The van der Waals surface area contributed by atoms with E-state index in [0.717, 1.165) is 0 Å². The highest BCUT2D eigenvalue weighted by atomic mass is 32.2. The van der Waals surface area contributed by atoms with E-state index in [9.17, 15) is 9.59 Å². The van der Waals surface area contributed by atoms with Crippen LogP contribution in [0.15, 0.2) is 11.8 Å². The third kappa shape index (κ3) is 1.01. The van der Waals surface area contributed by atoms with E-state index < -0.39 is 5.97 Å². The van der Waals surface area contributed by atoms with Gasteiger partial charge in [0.15, 0.2) is 0 Å². The standard InChI is InChI=1S/C7H7NO3S/c9-5-1-6-8(5)2-4(3-12-6)7(10)11/h2,6H,1,3H2,(H,10,11)/t6-/m0/s1. The molecule has 0 saturated carbocycles. The summed E-state index contributed by atoms with van der Waals surface area (Å²) in [7, 11) is 0. The first-order valence-corrected chi connectivity index (χ1v) is 4.60. The summed E-state index contributed by atoms with van der Waals surface area (Å²) in [5, 5.41) is 8.83. The number of nitrogens with zero attached hydrogens (tertiary/aromatic N) is 1. The highest BCUT2D eigenvalue weighted by Gasteiger charge is 2.38.